The van der Waals surface area contributed by atoms with E-state index < -0.39 is 0 Å². The molecular formula is C18H30N2O4. The Labute approximate surface area is 144 Å². The fourth-order valence-corrected chi connectivity index (χ4v) is 2.52. The molecular weight excluding hydrogens is 308 g/mol. The van der Waals surface area contributed by atoms with Crippen molar-refractivity contribution in [2.75, 3.05) is 27.3 Å². The molecule has 1 aromatic rings. The summed E-state index contributed by atoms with van der Waals surface area (Å²) in [7, 11) is 3.30. The van der Waals surface area contributed by atoms with Gasteiger partial charge in [-0.15, -0.1) is 0 Å². The molecule has 2 atom stereocenters. The highest BCUT2D eigenvalue weighted by molar-refractivity contribution is 5.44. The van der Waals surface area contributed by atoms with Gasteiger partial charge in [0.1, 0.15) is 5.60 Å². The Kier molecular flexibility index (Phi) is 8.01. The van der Waals surface area contributed by atoms with Crippen molar-refractivity contribution in [3.8, 4) is 11.5 Å². The predicted octanol–water partition coefficient (Wildman–Crippen LogP) is 2.07. The van der Waals surface area contributed by atoms with E-state index in [9.17, 15) is 4.79 Å². The van der Waals surface area contributed by atoms with Gasteiger partial charge < -0.3 is 25.3 Å². The van der Waals surface area contributed by atoms with Crippen LogP contribution in [0.4, 0.5) is 0 Å². The lowest BCUT2D eigenvalue weighted by molar-refractivity contribution is -0.138. The highest BCUT2D eigenvalue weighted by Gasteiger charge is 2.24. The number of hydrogen-bond donors (Lipinski definition) is 2. The average Bonchev–Trinajstić information content (AvgIpc) is 2.54. The smallest absolute Gasteiger partial charge is 0.293 e. The van der Waals surface area contributed by atoms with Gasteiger partial charge in [-0.2, -0.15) is 0 Å². The Balaban J connectivity index is 0.000000351. The molecule has 1 fully saturated rings. The maximum Gasteiger partial charge on any atom is 0.293 e. The summed E-state index contributed by atoms with van der Waals surface area (Å²) in [5.41, 5.74) is 7.05. The third-order valence-corrected chi connectivity index (χ3v) is 3.77. The molecule has 1 aliphatic rings. The van der Waals surface area contributed by atoms with Gasteiger partial charge in [-0.25, -0.2) is 0 Å². The van der Waals surface area contributed by atoms with E-state index in [1.165, 1.54) is 5.56 Å². The van der Waals surface area contributed by atoms with Crippen LogP contribution in [0.2, 0.25) is 0 Å². The number of nitrogens with two attached hydrogens (primary N) is 1. The molecule has 3 N–H and O–H groups in total. The van der Waals surface area contributed by atoms with Gasteiger partial charge in [-0.3, -0.25) is 4.79 Å². The quantitative estimate of drug-likeness (QED) is 0.818. The molecule has 2 rings (SSSR count). The molecule has 0 aliphatic carbocycles. The van der Waals surface area contributed by atoms with E-state index in [-0.39, 0.29) is 11.6 Å². The topological polar surface area (TPSA) is 82.8 Å². The van der Waals surface area contributed by atoms with Gasteiger partial charge in [0, 0.05) is 18.5 Å². The van der Waals surface area contributed by atoms with E-state index in [0.29, 0.717) is 12.4 Å². The molecule has 0 spiro atoms. The first-order valence-electron chi connectivity index (χ1n) is 8.12. The van der Waals surface area contributed by atoms with Crippen LogP contribution in [0.15, 0.2) is 18.2 Å². The van der Waals surface area contributed by atoms with Crippen molar-refractivity contribution >= 4 is 6.47 Å². The van der Waals surface area contributed by atoms with Crippen molar-refractivity contribution in [2.24, 2.45) is 5.73 Å². The Morgan fingerprint density at radius 2 is 1.88 bits per heavy atom. The molecule has 1 saturated heterocycles. The number of rotatable bonds is 4. The number of nitrogens with one attached hydrogen (secondary N) is 1. The summed E-state index contributed by atoms with van der Waals surface area (Å²) < 4.78 is 15.1. The number of piperidine rings is 1. The minimum Gasteiger partial charge on any atom is -0.493 e. The van der Waals surface area contributed by atoms with Crippen LogP contribution in [0.25, 0.3) is 0 Å². The summed E-state index contributed by atoms with van der Waals surface area (Å²) >= 11 is 0. The van der Waals surface area contributed by atoms with Crippen LogP contribution < -0.4 is 20.5 Å². The number of hydrogen-bond acceptors (Lipinski definition) is 6. The van der Waals surface area contributed by atoms with Crippen LogP contribution in [0.3, 0.4) is 0 Å². The van der Waals surface area contributed by atoms with Crippen molar-refractivity contribution in [3.05, 3.63) is 23.8 Å². The van der Waals surface area contributed by atoms with Crippen LogP contribution in [0, 0.1) is 0 Å². The van der Waals surface area contributed by atoms with E-state index in [1.54, 1.807) is 14.2 Å². The van der Waals surface area contributed by atoms with E-state index in [0.717, 1.165) is 31.0 Å². The fraction of sp³-hybridized carbons (Fsp3) is 0.611. The lowest BCUT2D eigenvalue weighted by atomic mass is 9.86. The summed E-state index contributed by atoms with van der Waals surface area (Å²) in [5.74, 6) is 1.94. The average molecular weight is 338 g/mol. The standard InChI is InChI=1S/C13H20N2O2.C5H10O2/c1-16-12-4-3-9(7-13(12)17-2)10-5-6-15-8-11(10)14;1-5(2,3)7-4-6/h3-4,7,10-11,15H,5-6,8,14H2,1-2H3;4H,1-3H3. The highest BCUT2D eigenvalue weighted by atomic mass is 16.5. The summed E-state index contributed by atoms with van der Waals surface area (Å²) in [6.45, 7) is 7.82. The van der Waals surface area contributed by atoms with Gasteiger partial charge >= 0.3 is 0 Å². The highest BCUT2D eigenvalue weighted by Crippen LogP contribution is 2.33. The van der Waals surface area contributed by atoms with E-state index in [4.69, 9.17) is 15.2 Å². The summed E-state index contributed by atoms with van der Waals surface area (Å²) in [6.07, 6.45) is 1.07. The number of carbonyl (C=O) groups is 1. The molecule has 1 aliphatic heterocycles. The Hall–Kier alpha value is -1.79. The molecule has 2 unspecified atom stereocenters. The van der Waals surface area contributed by atoms with E-state index in [2.05, 4.69) is 16.1 Å². The molecule has 1 heterocycles. The number of carbonyl (C=O) groups excluding carboxylic acids is 1. The van der Waals surface area contributed by atoms with Crippen molar-refractivity contribution in [3.63, 3.8) is 0 Å². The predicted molar refractivity (Wildman–Crippen MR) is 94.7 cm³/mol. The Morgan fingerprint density at radius 1 is 1.21 bits per heavy atom. The van der Waals surface area contributed by atoms with Crippen LogP contribution in [-0.4, -0.2) is 45.4 Å². The van der Waals surface area contributed by atoms with E-state index >= 15 is 0 Å². The fourth-order valence-electron chi connectivity index (χ4n) is 2.52. The summed E-state index contributed by atoms with van der Waals surface area (Å²) in [6, 6.07) is 6.23. The molecule has 1 aromatic carbocycles. The third kappa shape index (κ3) is 6.37. The van der Waals surface area contributed by atoms with Gasteiger partial charge in [0.25, 0.3) is 6.47 Å². The first-order valence-corrected chi connectivity index (χ1v) is 8.12. The summed E-state index contributed by atoms with van der Waals surface area (Å²) in [4.78, 5) is 9.60. The minimum absolute atomic E-state index is 0.168. The van der Waals surface area contributed by atoms with Crippen LogP contribution in [0.1, 0.15) is 38.7 Å². The van der Waals surface area contributed by atoms with Gasteiger partial charge in [0.2, 0.25) is 0 Å². The zero-order chi connectivity index (χ0) is 18.2. The lowest BCUT2D eigenvalue weighted by Gasteiger charge is -2.30. The van der Waals surface area contributed by atoms with Gasteiger partial charge in [-0.1, -0.05) is 6.07 Å². The zero-order valence-corrected chi connectivity index (χ0v) is 15.3. The second kappa shape index (κ2) is 9.49. The van der Waals surface area contributed by atoms with Crippen molar-refractivity contribution in [1.29, 1.82) is 0 Å². The summed E-state index contributed by atoms with van der Waals surface area (Å²) in [5, 5.41) is 3.30. The van der Waals surface area contributed by atoms with Crippen molar-refractivity contribution in [2.45, 2.75) is 44.8 Å². The molecule has 24 heavy (non-hydrogen) atoms. The first-order chi connectivity index (χ1) is 11.3. The third-order valence-electron chi connectivity index (χ3n) is 3.77. The molecule has 0 aromatic heterocycles. The SMILES string of the molecule is CC(C)(C)OC=O.COc1ccc(C2CCNCC2N)cc1OC. The van der Waals surface area contributed by atoms with Crippen LogP contribution in [0.5, 0.6) is 11.5 Å². The van der Waals surface area contributed by atoms with Crippen LogP contribution in [-0.2, 0) is 9.53 Å². The molecule has 6 nitrogen and oxygen atoms in total. The normalized spacial score (nSPS) is 20.4. The molecule has 136 valence electrons. The number of ether oxygens (including phenoxy) is 3. The zero-order valence-electron chi connectivity index (χ0n) is 15.3. The minimum atomic E-state index is -0.318. The molecule has 0 saturated carbocycles. The number of methoxy groups -OCH3 is 2. The first kappa shape index (κ1) is 20.3. The maximum atomic E-state index is 9.60. The maximum absolute atomic E-state index is 9.60. The Bertz CT molecular complexity index is 514. The largest absolute Gasteiger partial charge is 0.493 e. The van der Waals surface area contributed by atoms with Crippen molar-refractivity contribution < 1.29 is 19.0 Å². The van der Waals surface area contributed by atoms with Gasteiger partial charge in [0.05, 0.1) is 14.2 Å². The molecule has 0 radical (unpaired) electrons. The second-order valence-electron chi connectivity index (χ2n) is 6.70. The van der Waals surface area contributed by atoms with E-state index in [1.807, 2.05) is 32.9 Å². The lowest BCUT2D eigenvalue weighted by Crippen LogP contribution is -2.44. The monoisotopic (exact) mass is 338 g/mol. The van der Waals surface area contributed by atoms with Crippen LogP contribution >= 0.6 is 0 Å². The van der Waals surface area contributed by atoms with Crippen molar-refractivity contribution in [1.82, 2.24) is 5.32 Å². The molecule has 0 bridgehead atoms. The second-order valence-corrected chi connectivity index (χ2v) is 6.70. The number of benzene rings is 1. The van der Waals surface area contributed by atoms with Gasteiger partial charge in [0.15, 0.2) is 11.5 Å². The molecule has 0 amide bonds. The van der Waals surface area contributed by atoms with Gasteiger partial charge in [-0.05, 0) is 51.4 Å². The Morgan fingerprint density at radius 3 is 2.33 bits per heavy atom. The molecule has 6 heteroatoms.